The predicted octanol–water partition coefficient (Wildman–Crippen LogP) is -1.40. The summed E-state index contributed by atoms with van der Waals surface area (Å²) in [5.74, 6) is -2.17. The van der Waals surface area contributed by atoms with Crippen LogP contribution in [0.25, 0.3) is 0 Å². The van der Waals surface area contributed by atoms with E-state index >= 15 is 0 Å². The molecule has 1 aromatic rings. The van der Waals surface area contributed by atoms with Crippen molar-refractivity contribution in [1.82, 2.24) is 20.3 Å². The number of hydrogen-bond donors (Lipinski definition) is 3. The fourth-order valence-corrected chi connectivity index (χ4v) is 1.08. The van der Waals surface area contributed by atoms with Crippen LogP contribution in [0, 0.1) is 5.41 Å². The number of primary amides is 1. The largest absolute Gasteiger partial charge is 0.476 e. The summed E-state index contributed by atoms with van der Waals surface area (Å²) in [5.41, 5.74) is 4.06. The second-order valence-corrected chi connectivity index (χ2v) is 4.63. The Morgan fingerprint density at radius 2 is 2.11 bits per heavy atom. The maximum absolute atomic E-state index is 11.6. The van der Waals surface area contributed by atoms with Crippen LogP contribution < -0.4 is 11.1 Å². The Kier molecular flexibility index (Phi) is 4.20. The molecule has 104 valence electrons. The number of amides is 2. The van der Waals surface area contributed by atoms with Crippen molar-refractivity contribution in [2.75, 3.05) is 6.54 Å². The molecule has 0 saturated carbocycles. The van der Waals surface area contributed by atoms with E-state index in [-0.39, 0.29) is 18.8 Å². The van der Waals surface area contributed by atoms with Gasteiger partial charge in [-0.1, -0.05) is 5.21 Å². The van der Waals surface area contributed by atoms with E-state index in [0.29, 0.717) is 0 Å². The topological polar surface area (TPSA) is 140 Å². The third-order valence-electron chi connectivity index (χ3n) is 2.46. The van der Waals surface area contributed by atoms with Crippen molar-refractivity contribution < 1.29 is 19.5 Å². The zero-order valence-corrected chi connectivity index (χ0v) is 10.6. The SMILES string of the molecule is CC(C)(CNC(=O)Cn1cc(C(=O)O)nn1)C(N)=O. The van der Waals surface area contributed by atoms with Gasteiger partial charge in [0.2, 0.25) is 11.8 Å². The van der Waals surface area contributed by atoms with Gasteiger partial charge in [0.15, 0.2) is 5.69 Å². The highest BCUT2D eigenvalue weighted by Crippen LogP contribution is 2.11. The number of rotatable bonds is 6. The summed E-state index contributed by atoms with van der Waals surface area (Å²) in [5, 5.41) is 18.0. The number of carbonyl (C=O) groups is 3. The van der Waals surface area contributed by atoms with Crippen LogP contribution in [0.15, 0.2) is 6.20 Å². The lowest BCUT2D eigenvalue weighted by molar-refractivity contribution is -0.127. The number of hydrogen-bond acceptors (Lipinski definition) is 5. The molecule has 1 aromatic heterocycles. The number of aromatic nitrogens is 3. The fraction of sp³-hybridized carbons (Fsp3) is 0.500. The molecule has 0 aliphatic heterocycles. The number of nitrogens with zero attached hydrogens (tertiary/aromatic N) is 3. The average molecular weight is 269 g/mol. The van der Waals surface area contributed by atoms with E-state index in [9.17, 15) is 14.4 Å². The number of aromatic carboxylic acids is 1. The standard InChI is InChI=1S/C10H15N5O4/c1-10(2,9(11)19)5-12-7(16)4-15-3-6(8(17)18)13-14-15/h3H,4-5H2,1-2H3,(H2,11,19)(H,12,16)(H,17,18). The monoisotopic (exact) mass is 269 g/mol. The Hall–Kier alpha value is -2.45. The van der Waals surface area contributed by atoms with E-state index in [2.05, 4.69) is 15.6 Å². The summed E-state index contributed by atoms with van der Waals surface area (Å²) in [4.78, 5) is 33.2. The van der Waals surface area contributed by atoms with Crippen molar-refractivity contribution in [2.24, 2.45) is 11.1 Å². The first-order chi connectivity index (χ1) is 8.72. The summed E-state index contributed by atoms with van der Waals surface area (Å²) in [6.45, 7) is 3.11. The smallest absolute Gasteiger partial charge is 0.358 e. The maximum Gasteiger partial charge on any atom is 0.358 e. The number of nitrogens with one attached hydrogen (secondary N) is 1. The fourth-order valence-electron chi connectivity index (χ4n) is 1.08. The van der Waals surface area contributed by atoms with Crippen LogP contribution in [0.3, 0.4) is 0 Å². The van der Waals surface area contributed by atoms with E-state index in [1.807, 2.05) is 0 Å². The predicted molar refractivity (Wildman–Crippen MR) is 63.0 cm³/mol. The Morgan fingerprint density at radius 1 is 1.47 bits per heavy atom. The first-order valence-corrected chi connectivity index (χ1v) is 5.42. The molecule has 1 rings (SSSR count). The Balaban J connectivity index is 2.51. The summed E-state index contributed by atoms with van der Waals surface area (Å²) in [7, 11) is 0. The second-order valence-electron chi connectivity index (χ2n) is 4.63. The lowest BCUT2D eigenvalue weighted by atomic mass is 9.93. The Morgan fingerprint density at radius 3 is 2.58 bits per heavy atom. The minimum Gasteiger partial charge on any atom is -0.476 e. The molecule has 19 heavy (non-hydrogen) atoms. The van der Waals surface area contributed by atoms with Crippen LogP contribution in [0.5, 0.6) is 0 Å². The number of carboxylic acids is 1. The van der Waals surface area contributed by atoms with Gasteiger partial charge in [0.1, 0.15) is 6.54 Å². The lowest BCUT2D eigenvalue weighted by Gasteiger charge is -2.20. The Labute approximate surface area is 108 Å². The molecule has 0 fully saturated rings. The molecule has 4 N–H and O–H groups in total. The number of nitrogens with two attached hydrogens (primary N) is 1. The molecule has 0 aliphatic rings. The number of carboxylic acid groups (broad SMARTS) is 1. The van der Waals surface area contributed by atoms with Crippen LogP contribution in [0.2, 0.25) is 0 Å². The lowest BCUT2D eigenvalue weighted by Crippen LogP contribution is -2.43. The number of carbonyl (C=O) groups excluding carboxylic acids is 2. The van der Waals surface area contributed by atoms with Crippen LogP contribution in [-0.4, -0.2) is 44.4 Å². The zero-order chi connectivity index (χ0) is 14.6. The van der Waals surface area contributed by atoms with E-state index < -0.39 is 23.2 Å². The van der Waals surface area contributed by atoms with Gasteiger partial charge in [-0.2, -0.15) is 0 Å². The quantitative estimate of drug-likeness (QED) is 0.580. The van der Waals surface area contributed by atoms with Gasteiger partial charge in [0.05, 0.1) is 11.6 Å². The van der Waals surface area contributed by atoms with Crippen molar-refractivity contribution in [3.8, 4) is 0 Å². The summed E-state index contributed by atoms with van der Waals surface area (Å²) in [6, 6.07) is 0. The maximum atomic E-state index is 11.6. The van der Waals surface area contributed by atoms with E-state index in [1.54, 1.807) is 13.8 Å². The van der Waals surface area contributed by atoms with Gasteiger partial charge < -0.3 is 16.2 Å². The molecule has 0 bridgehead atoms. The van der Waals surface area contributed by atoms with Crippen LogP contribution in [0.1, 0.15) is 24.3 Å². The molecule has 9 heteroatoms. The molecule has 0 aliphatic carbocycles. The highest BCUT2D eigenvalue weighted by Gasteiger charge is 2.25. The van der Waals surface area contributed by atoms with Gasteiger partial charge in [-0.15, -0.1) is 5.10 Å². The Bertz CT molecular complexity index is 508. The summed E-state index contributed by atoms with van der Waals surface area (Å²) in [6.07, 6.45) is 1.14. The molecule has 0 radical (unpaired) electrons. The zero-order valence-electron chi connectivity index (χ0n) is 10.6. The molecule has 0 unspecified atom stereocenters. The molecule has 0 atom stereocenters. The van der Waals surface area contributed by atoms with Gasteiger partial charge in [0.25, 0.3) is 0 Å². The molecule has 1 heterocycles. The normalized spacial score (nSPS) is 11.1. The van der Waals surface area contributed by atoms with E-state index in [1.165, 1.54) is 0 Å². The van der Waals surface area contributed by atoms with Gasteiger partial charge in [-0.05, 0) is 13.8 Å². The second kappa shape index (κ2) is 5.46. The molecule has 0 spiro atoms. The molecule has 2 amide bonds. The molecular weight excluding hydrogens is 254 g/mol. The van der Waals surface area contributed by atoms with E-state index in [4.69, 9.17) is 10.8 Å². The first kappa shape index (κ1) is 14.6. The van der Waals surface area contributed by atoms with Crippen molar-refractivity contribution in [1.29, 1.82) is 0 Å². The highest BCUT2D eigenvalue weighted by molar-refractivity contribution is 5.85. The van der Waals surface area contributed by atoms with Gasteiger partial charge >= 0.3 is 5.97 Å². The van der Waals surface area contributed by atoms with Crippen molar-refractivity contribution in [3.63, 3.8) is 0 Å². The molecular formula is C10H15N5O4. The van der Waals surface area contributed by atoms with Crippen molar-refractivity contribution in [2.45, 2.75) is 20.4 Å². The van der Waals surface area contributed by atoms with Crippen LogP contribution in [0.4, 0.5) is 0 Å². The average Bonchev–Trinajstić information content (AvgIpc) is 2.75. The van der Waals surface area contributed by atoms with Gasteiger partial charge in [-0.3, -0.25) is 9.59 Å². The minimum atomic E-state index is -1.22. The molecule has 9 nitrogen and oxygen atoms in total. The molecule has 0 aromatic carbocycles. The van der Waals surface area contributed by atoms with Crippen LogP contribution >= 0.6 is 0 Å². The molecule has 0 saturated heterocycles. The van der Waals surface area contributed by atoms with Gasteiger partial charge in [-0.25, -0.2) is 9.48 Å². The van der Waals surface area contributed by atoms with Crippen molar-refractivity contribution >= 4 is 17.8 Å². The van der Waals surface area contributed by atoms with Gasteiger partial charge in [0, 0.05) is 6.54 Å². The highest BCUT2D eigenvalue weighted by atomic mass is 16.4. The third kappa shape index (κ3) is 4.05. The van der Waals surface area contributed by atoms with E-state index in [0.717, 1.165) is 10.9 Å². The summed E-state index contributed by atoms with van der Waals surface area (Å²) < 4.78 is 1.09. The summed E-state index contributed by atoms with van der Waals surface area (Å²) >= 11 is 0. The third-order valence-corrected chi connectivity index (χ3v) is 2.46. The van der Waals surface area contributed by atoms with Crippen molar-refractivity contribution in [3.05, 3.63) is 11.9 Å². The minimum absolute atomic E-state index is 0.0850. The first-order valence-electron chi connectivity index (χ1n) is 5.42. The van der Waals surface area contributed by atoms with Crippen LogP contribution in [-0.2, 0) is 16.1 Å².